The SMILES string of the molecule is O=[N+]([O-])c1cc(S(=O)(=O)N2CCCC2)ccc1NCCc1ccccn1. The van der Waals surface area contributed by atoms with Crippen LogP contribution >= 0.6 is 0 Å². The summed E-state index contributed by atoms with van der Waals surface area (Å²) >= 11 is 0. The number of anilines is 1. The summed E-state index contributed by atoms with van der Waals surface area (Å²) < 4.78 is 26.6. The van der Waals surface area contributed by atoms with Crippen molar-refractivity contribution in [2.45, 2.75) is 24.2 Å². The smallest absolute Gasteiger partial charge is 0.293 e. The third-order valence-electron chi connectivity index (χ3n) is 4.29. The molecule has 0 saturated carbocycles. The highest BCUT2D eigenvalue weighted by molar-refractivity contribution is 7.89. The van der Waals surface area contributed by atoms with Gasteiger partial charge < -0.3 is 5.32 Å². The van der Waals surface area contributed by atoms with Gasteiger partial charge in [0.25, 0.3) is 5.69 Å². The Morgan fingerprint density at radius 3 is 2.62 bits per heavy atom. The normalized spacial score (nSPS) is 15.1. The third-order valence-corrected chi connectivity index (χ3v) is 6.19. The summed E-state index contributed by atoms with van der Waals surface area (Å²) in [6.45, 7) is 1.37. The molecule has 9 heteroatoms. The van der Waals surface area contributed by atoms with E-state index in [-0.39, 0.29) is 10.6 Å². The Hall–Kier alpha value is -2.52. The maximum absolute atomic E-state index is 12.6. The lowest BCUT2D eigenvalue weighted by Gasteiger charge is -2.16. The van der Waals surface area contributed by atoms with Crippen molar-refractivity contribution < 1.29 is 13.3 Å². The van der Waals surface area contributed by atoms with Gasteiger partial charge in [0, 0.05) is 44.0 Å². The summed E-state index contributed by atoms with van der Waals surface area (Å²) in [6.07, 6.45) is 3.92. The molecule has 1 fully saturated rings. The molecular formula is C17H20N4O4S. The number of sulfonamides is 1. The number of nitrogens with zero attached hydrogens (tertiary/aromatic N) is 3. The minimum atomic E-state index is -3.68. The highest BCUT2D eigenvalue weighted by Gasteiger charge is 2.29. The number of aromatic nitrogens is 1. The van der Waals surface area contributed by atoms with Crippen LogP contribution in [-0.2, 0) is 16.4 Å². The van der Waals surface area contributed by atoms with Crippen molar-refractivity contribution in [3.8, 4) is 0 Å². The van der Waals surface area contributed by atoms with Gasteiger partial charge in [0.2, 0.25) is 10.0 Å². The largest absolute Gasteiger partial charge is 0.379 e. The molecule has 8 nitrogen and oxygen atoms in total. The van der Waals surface area contributed by atoms with Gasteiger partial charge in [-0.1, -0.05) is 6.07 Å². The van der Waals surface area contributed by atoms with Crippen LogP contribution in [0, 0.1) is 10.1 Å². The van der Waals surface area contributed by atoms with Crippen LogP contribution in [-0.4, -0.2) is 42.3 Å². The molecule has 2 heterocycles. The average molecular weight is 376 g/mol. The molecule has 1 aliphatic heterocycles. The predicted octanol–water partition coefficient (Wildman–Crippen LogP) is 2.43. The molecule has 1 aromatic carbocycles. The fourth-order valence-electron chi connectivity index (χ4n) is 2.92. The van der Waals surface area contributed by atoms with E-state index >= 15 is 0 Å². The molecule has 0 radical (unpaired) electrons. The van der Waals surface area contributed by atoms with Crippen LogP contribution < -0.4 is 5.32 Å². The molecule has 1 saturated heterocycles. The Kier molecular flexibility index (Phi) is 5.48. The Morgan fingerprint density at radius 1 is 1.19 bits per heavy atom. The number of nitro benzene ring substituents is 1. The zero-order valence-electron chi connectivity index (χ0n) is 14.2. The van der Waals surface area contributed by atoms with E-state index in [0.717, 1.165) is 24.6 Å². The molecular weight excluding hydrogens is 356 g/mol. The third kappa shape index (κ3) is 4.00. The molecule has 1 aromatic heterocycles. The lowest BCUT2D eigenvalue weighted by atomic mass is 10.2. The van der Waals surface area contributed by atoms with Crippen molar-refractivity contribution in [2.24, 2.45) is 0 Å². The van der Waals surface area contributed by atoms with Crippen molar-refractivity contribution in [1.29, 1.82) is 0 Å². The second-order valence-corrected chi connectivity index (χ2v) is 7.98. The Bertz CT molecular complexity index is 881. The second-order valence-electron chi connectivity index (χ2n) is 6.05. The van der Waals surface area contributed by atoms with E-state index in [2.05, 4.69) is 10.3 Å². The van der Waals surface area contributed by atoms with E-state index in [4.69, 9.17) is 0 Å². The summed E-state index contributed by atoms with van der Waals surface area (Å²) in [4.78, 5) is 15.0. The molecule has 1 N–H and O–H groups in total. The number of rotatable bonds is 7. The fourth-order valence-corrected chi connectivity index (χ4v) is 4.46. The summed E-state index contributed by atoms with van der Waals surface area (Å²) in [5, 5.41) is 14.4. The number of hydrogen-bond acceptors (Lipinski definition) is 6. The van der Waals surface area contributed by atoms with Crippen LogP contribution in [0.4, 0.5) is 11.4 Å². The first-order valence-corrected chi connectivity index (χ1v) is 9.85. The van der Waals surface area contributed by atoms with Gasteiger partial charge >= 0.3 is 0 Å². The van der Waals surface area contributed by atoms with E-state index < -0.39 is 14.9 Å². The van der Waals surface area contributed by atoms with Crippen LogP contribution in [0.3, 0.4) is 0 Å². The molecule has 3 rings (SSSR count). The Morgan fingerprint density at radius 2 is 1.96 bits per heavy atom. The fraction of sp³-hybridized carbons (Fsp3) is 0.353. The monoisotopic (exact) mass is 376 g/mol. The molecule has 1 aliphatic rings. The molecule has 138 valence electrons. The minimum Gasteiger partial charge on any atom is -0.379 e. The van der Waals surface area contributed by atoms with Gasteiger partial charge in [-0.05, 0) is 37.1 Å². The van der Waals surface area contributed by atoms with Gasteiger partial charge in [0.05, 0.1) is 9.82 Å². The molecule has 0 spiro atoms. The number of nitrogens with one attached hydrogen (secondary N) is 1. The Labute approximate surface area is 152 Å². The summed E-state index contributed by atoms with van der Waals surface area (Å²) in [5.74, 6) is 0. The van der Waals surface area contributed by atoms with E-state index in [1.165, 1.54) is 16.4 Å². The summed E-state index contributed by atoms with van der Waals surface area (Å²) in [6, 6.07) is 9.59. The number of hydrogen-bond donors (Lipinski definition) is 1. The number of pyridine rings is 1. The quantitative estimate of drug-likeness (QED) is 0.588. The second kappa shape index (κ2) is 7.79. The van der Waals surface area contributed by atoms with Crippen molar-refractivity contribution in [2.75, 3.05) is 25.0 Å². The predicted molar refractivity (Wildman–Crippen MR) is 97.5 cm³/mol. The molecule has 2 aromatic rings. The average Bonchev–Trinajstić information content (AvgIpc) is 3.18. The molecule has 0 aliphatic carbocycles. The standard InChI is InChI=1S/C17H20N4O4S/c22-21(23)17-13-15(26(24,25)20-11-3-4-12-20)6-7-16(17)19-10-8-14-5-1-2-9-18-14/h1-2,5-7,9,13,19H,3-4,8,10-12H2. The van der Waals surface area contributed by atoms with Gasteiger partial charge in [-0.2, -0.15) is 4.31 Å². The molecule has 0 unspecified atom stereocenters. The molecule has 0 amide bonds. The van der Waals surface area contributed by atoms with Gasteiger partial charge in [-0.3, -0.25) is 15.1 Å². The van der Waals surface area contributed by atoms with Crippen LogP contribution in [0.15, 0.2) is 47.5 Å². The lowest BCUT2D eigenvalue weighted by Crippen LogP contribution is -2.27. The zero-order valence-corrected chi connectivity index (χ0v) is 15.0. The highest BCUT2D eigenvalue weighted by atomic mass is 32.2. The van der Waals surface area contributed by atoms with E-state index in [9.17, 15) is 18.5 Å². The van der Waals surface area contributed by atoms with Crippen molar-refractivity contribution >= 4 is 21.4 Å². The first kappa shape index (κ1) is 18.3. The summed E-state index contributed by atoms with van der Waals surface area (Å²) in [5.41, 5.74) is 0.925. The van der Waals surface area contributed by atoms with Crippen molar-refractivity contribution in [3.63, 3.8) is 0 Å². The first-order valence-electron chi connectivity index (χ1n) is 8.41. The van der Waals surface area contributed by atoms with Gasteiger partial charge in [-0.25, -0.2) is 8.42 Å². The van der Waals surface area contributed by atoms with E-state index in [1.807, 2.05) is 18.2 Å². The zero-order chi connectivity index (χ0) is 18.6. The molecule has 0 bridgehead atoms. The van der Waals surface area contributed by atoms with E-state index in [1.54, 1.807) is 6.20 Å². The Balaban J connectivity index is 1.77. The lowest BCUT2D eigenvalue weighted by molar-refractivity contribution is -0.384. The van der Waals surface area contributed by atoms with Crippen LogP contribution in [0.25, 0.3) is 0 Å². The van der Waals surface area contributed by atoms with Crippen LogP contribution in [0.1, 0.15) is 18.5 Å². The number of nitro groups is 1. The van der Waals surface area contributed by atoms with Gasteiger partial charge in [-0.15, -0.1) is 0 Å². The molecule has 0 atom stereocenters. The van der Waals surface area contributed by atoms with Crippen LogP contribution in [0.2, 0.25) is 0 Å². The number of benzene rings is 1. The minimum absolute atomic E-state index is 0.0404. The van der Waals surface area contributed by atoms with Gasteiger partial charge in [0.1, 0.15) is 5.69 Å². The summed E-state index contributed by atoms with van der Waals surface area (Å²) in [7, 11) is -3.68. The van der Waals surface area contributed by atoms with Crippen molar-refractivity contribution in [3.05, 3.63) is 58.4 Å². The first-order chi connectivity index (χ1) is 12.5. The van der Waals surface area contributed by atoms with Gasteiger partial charge in [0.15, 0.2) is 0 Å². The topological polar surface area (TPSA) is 105 Å². The van der Waals surface area contributed by atoms with E-state index in [0.29, 0.717) is 31.7 Å². The molecule has 26 heavy (non-hydrogen) atoms. The van der Waals surface area contributed by atoms with Crippen molar-refractivity contribution in [1.82, 2.24) is 9.29 Å². The highest BCUT2D eigenvalue weighted by Crippen LogP contribution is 2.30. The maximum Gasteiger partial charge on any atom is 0.293 e. The maximum atomic E-state index is 12.6. The van der Waals surface area contributed by atoms with Crippen LogP contribution in [0.5, 0.6) is 0 Å².